The number of carboxylic acids is 1. The van der Waals surface area contributed by atoms with Gasteiger partial charge in [-0.2, -0.15) is 0 Å². The second-order valence-electron chi connectivity index (χ2n) is 14.5. The van der Waals surface area contributed by atoms with Crippen molar-refractivity contribution in [2.45, 2.75) is 154 Å². The third-order valence-electron chi connectivity index (χ3n) is 8.62. The number of rotatable bonds is 35. The second kappa shape index (κ2) is 35.8. The van der Waals surface area contributed by atoms with Crippen LogP contribution in [0.5, 0.6) is 0 Å². The average Bonchev–Trinajstić information content (AvgIpc) is 3.11. The van der Waals surface area contributed by atoms with Crippen LogP contribution in [0.15, 0.2) is 72.9 Å². The highest BCUT2D eigenvalue weighted by Gasteiger charge is 2.31. The molecule has 0 fully saturated rings. The summed E-state index contributed by atoms with van der Waals surface area (Å²) in [5, 5.41) is 9.58. The van der Waals surface area contributed by atoms with E-state index in [1.54, 1.807) is 0 Å². The zero-order valence-electron chi connectivity index (χ0n) is 34.2. The van der Waals surface area contributed by atoms with E-state index >= 15 is 0 Å². The number of esters is 2. The van der Waals surface area contributed by atoms with Gasteiger partial charge in [0, 0.05) is 19.3 Å². The Morgan fingerprint density at radius 1 is 0.585 bits per heavy atom. The van der Waals surface area contributed by atoms with Gasteiger partial charge in [-0.3, -0.25) is 9.59 Å². The van der Waals surface area contributed by atoms with Gasteiger partial charge in [-0.1, -0.05) is 138 Å². The largest absolute Gasteiger partial charge is 0.477 e. The number of hydrogen-bond acceptors (Lipinski definition) is 6. The van der Waals surface area contributed by atoms with Crippen LogP contribution in [0.25, 0.3) is 0 Å². The smallest absolute Gasteiger partial charge is 0.362 e. The summed E-state index contributed by atoms with van der Waals surface area (Å²) < 4.78 is 17.1. The number of allylic oxidation sites excluding steroid dienone is 12. The summed E-state index contributed by atoms with van der Waals surface area (Å²) >= 11 is 0. The van der Waals surface area contributed by atoms with E-state index in [1.807, 2.05) is 21.1 Å². The highest BCUT2D eigenvalue weighted by Crippen LogP contribution is 2.13. The minimum Gasteiger partial charge on any atom is -0.477 e. The van der Waals surface area contributed by atoms with Gasteiger partial charge in [-0.25, -0.2) is 4.79 Å². The first-order valence-corrected chi connectivity index (χ1v) is 20.5. The molecule has 0 heterocycles. The van der Waals surface area contributed by atoms with Gasteiger partial charge in [0.2, 0.25) is 0 Å². The summed E-state index contributed by atoms with van der Waals surface area (Å²) in [6.07, 6.45) is 43.9. The van der Waals surface area contributed by atoms with E-state index in [9.17, 15) is 19.5 Å². The molecule has 8 heteroatoms. The first kappa shape index (κ1) is 49.8. The van der Waals surface area contributed by atoms with Crippen LogP contribution in [0.2, 0.25) is 0 Å². The number of nitrogens with zero attached hydrogens (tertiary/aromatic N) is 1. The average molecular weight is 743 g/mol. The fourth-order valence-electron chi connectivity index (χ4n) is 5.45. The van der Waals surface area contributed by atoms with Gasteiger partial charge < -0.3 is 23.8 Å². The van der Waals surface area contributed by atoms with Crippen LogP contribution in [-0.4, -0.2) is 80.6 Å². The van der Waals surface area contributed by atoms with E-state index in [-0.39, 0.29) is 42.7 Å². The molecule has 0 aromatic carbocycles. The van der Waals surface area contributed by atoms with E-state index in [2.05, 4.69) is 86.8 Å². The summed E-state index contributed by atoms with van der Waals surface area (Å²) in [5.74, 6) is -1.56. The third-order valence-corrected chi connectivity index (χ3v) is 8.62. The number of ether oxygens (including phenoxy) is 3. The predicted octanol–water partition coefficient (Wildman–Crippen LogP) is 10.8. The normalized spacial score (nSPS) is 13.8. The number of aliphatic carboxylic acids is 1. The molecule has 0 saturated heterocycles. The van der Waals surface area contributed by atoms with Gasteiger partial charge in [-0.05, 0) is 57.8 Å². The van der Waals surface area contributed by atoms with Gasteiger partial charge in [0.05, 0.1) is 34.4 Å². The highest BCUT2D eigenvalue weighted by molar-refractivity contribution is 5.72. The molecule has 0 spiro atoms. The lowest BCUT2D eigenvalue weighted by Crippen LogP contribution is -2.50. The minimum atomic E-state index is -0.886. The lowest BCUT2D eigenvalue weighted by molar-refractivity contribution is -0.887. The maximum atomic E-state index is 12.6. The van der Waals surface area contributed by atoms with E-state index < -0.39 is 18.1 Å². The molecule has 0 aliphatic heterocycles. The predicted molar refractivity (Wildman–Crippen MR) is 220 cm³/mol. The van der Waals surface area contributed by atoms with Crippen molar-refractivity contribution in [3.8, 4) is 0 Å². The van der Waals surface area contributed by atoms with Crippen molar-refractivity contribution in [3.05, 3.63) is 72.9 Å². The molecule has 0 amide bonds. The summed E-state index contributed by atoms with van der Waals surface area (Å²) in [6.45, 7) is 4.52. The number of quaternary nitrogens is 1. The van der Waals surface area contributed by atoms with Crippen LogP contribution in [0.1, 0.15) is 142 Å². The highest BCUT2D eigenvalue weighted by atomic mass is 16.6. The second-order valence-corrected chi connectivity index (χ2v) is 14.5. The van der Waals surface area contributed by atoms with Gasteiger partial charge in [0.1, 0.15) is 6.61 Å². The Morgan fingerprint density at radius 3 is 1.55 bits per heavy atom. The Kier molecular flexibility index (Phi) is 33.6. The Morgan fingerprint density at radius 2 is 1.06 bits per heavy atom. The van der Waals surface area contributed by atoms with Crippen molar-refractivity contribution in [1.29, 1.82) is 0 Å². The standard InChI is InChI=1S/C45H75NO7/c1-6-8-10-12-14-16-17-18-19-20-21-22-23-24-25-26-28-29-31-33-35-43(47)52-40-41(39-51-38-37-42(45(49)50)46(3,4)5)53-44(48)36-34-32-30-27-15-13-11-9-7-2/h8,10,14,16,18-19,21-22,24-25,28-29,41-42H,6-7,9,11-13,15,17,20,23,26-27,30-40H2,1-5H3/p+1/b10-8+,16-14+,19-18+,22-21+,25-24+,29-28+. The topological polar surface area (TPSA) is 99.1 Å². The zero-order valence-corrected chi connectivity index (χ0v) is 34.2. The molecule has 0 rings (SSSR count). The Labute approximate surface area is 323 Å². The van der Waals surface area contributed by atoms with Crippen LogP contribution in [0.3, 0.4) is 0 Å². The number of carbonyl (C=O) groups is 3. The quantitative estimate of drug-likeness (QED) is 0.0299. The van der Waals surface area contributed by atoms with Gasteiger partial charge in [0.25, 0.3) is 0 Å². The maximum Gasteiger partial charge on any atom is 0.362 e. The molecule has 0 aromatic rings. The van der Waals surface area contributed by atoms with Crippen LogP contribution < -0.4 is 0 Å². The van der Waals surface area contributed by atoms with Crippen LogP contribution >= 0.6 is 0 Å². The molecule has 0 bridgehead atoms. The first-order valence-electron chi connectivity index (χ1n) is 20.5. The van der Waals surface area contributed by atoms with Crippen molar-refractivity contribution in [2.75, 3.05) is 41.0 Å². The molecular formula is C45H76NO7+. The number of unbranched alkanes of at least 4 members (excludes halogenated alkanes) is 9. The van der Waals surface area contributed by atoms with Gasteiger partial charge >= 0.3 is 17.9 Å². The summed E-state index contributed by atoms with van der Waals surface area (Å²) in [6, 6.07) is -0.623. The minimum absolute atomic E-state index is 0.0405. The SMILES string of the molecule is CC/C=C/C/C=C/C/C=C/C/C=C/C/C=C/C/C=C/CCCC(=O)OCC(COCCC(C(=O)O)[N+](C)(C)C)OC(=O)CCCCCCCCCCC. The molecule has 53 heavy (non-hydrogen) atoms. The number of carboxylic acid groups (broad SMARTS) is 1. The molecule has 2 unspecified atom stereocenters. The molecule has 1 N–H and O–H groups in total. The molecule has 8 nitrogen and oxygen atoms in total. The van der Waals surface area contributed by atoms with E-state index in [0.29, 0.717) is 19.3 Å². The molecule has 0 aliphatic rings. The number of hydrogen-bond donors (Lipinski definition) is 1. The molecular weight excluding hydrogens is 666 g/mol. The molecule has 0 aliphatic carbocycles. The van der Waals surface area contributed by atoms with Gasteiger partial charge in [0.15, 0.2) is 12.1 Å². The van der Waals surface area contributed by atoms with Gasteiger partial charge in [-0.15, -0.1) is 0 Å². The summed E-state index contributed by atoms with van der Waals surface area (Å²) in [7, 11) is 5.49. The van der Waals surface area contributed by atoms with Crippen LogP contribution in [0, 0.1) is 0 Å². The van der Waals surface area contributed by atoms with Crippen LogP contribution in [0.4, 0.5) is 0 Å². The van der Waals surface area contributed by atoms with E-state index in [1.165, 1.54) is 38.5 Å². The Bertz CT molecular complexity index is 1100. The lowest BCUT2D eigenvalue weighted by Gasteiger charge is -2.31. The molecule has 0 saturated carbocycles. The van der Waals surface area contributed by atoms with Crippen molar-refractivity contribution >= 4 is 17.9 Å². The first-order chi connectivity index (χ1) is 25.6. The lowest BCUT2D eigenvalue weighted by atomic mass is 10.1. The molecule has 302 valence electrons. The molecule has 2 atom stereocenters. The summed E-state index contributed by atoms with van der Waals surface area (Å²) in [5.41, 5.74) is 0. The fraction of sp³-hybridized carbons (Fsp3) is 0.667. The Hall–Kier alpha value is -3.23. The summed E-state index contributed by atoms with van der Waals surface area (Å²) in [4.78, 5) is 36.8. The Balaban J connectivity index is 4.44. The maximum absolute atomic E-state index is 12.6. The zero-order chi connectivity index (χ0) is 39.3. The monoisotopic (exact) mass is 743 g/mol. The van der Waals surface area contributed by atoms with Crippen molar-refractivity contribution < 1.29 is 38.2 Å². The van der Waals surface area contributed by atoms with E-state index in [4.69, 9.17) is 14.2 Å². The van der Waals surface area contributed by atoms with Crippen molar-refractivity contribution in [3.63, 3.8) is 0 Å². The van der Waals surface area contributed by atoms with Crippen molar-refractivity contribution in [1.82, 2.24) is 0 Å². The fourth-order valence-corrected chi connectivity index (χ4v) is 5.45. The number of likely N-dealkylation sites (N-methyl/N-ethyl adjacent to an activating group) is 1. The number of carbonyl (C=O) groups excluding carboxylic acids is 2. The van der Waals surface area contributed by atoms with E-state index in [0.717, 1.165) is 64.2 Å². The van der Waals surface area contributed by atoms with Crippen molar-refractivity contribution in [2.24, 2.45) is 0 Å². The molecule has 0 aromatic heterocycles. The third kappa shape index (κ3) is 34.3. The molecule has 0 radical (unpaired) electrons. The van der Waals surface area contributed by atoms with Crippen LogP contribution in [-0.2, 0) is 28.6 Å².